The predicted molar refractivity (Wildman–Crippen MR) is 81.1 cm³/mol. The minimum Gasteiger partial charge on any atom is -0.363 e. The Bertz CT molecular complexity index is 526. The highest BCUT2D eigenvalue weighted by Gasteiger charge is 2.12. The average molecular weight is 314 g/mol. The smallest absolute Gasteiger partial charge is 0.230 e. The Hall–Kier alpha value is -1.12. The molecule has 0 spiro atoms. The minimum absolute atomic E-state index is 0.00658. The number of carbonyl (C=O) groups excluding carboxylic acids is 1. The molecule has 102 valence electrons. The number of hydrogen-bond acceptors (Lipinski definition) is 7. The number of aromatic nitrogens is 2. The molecular formula is C11H14N4OS3. The molecular weight excluding hydrogens is 300 g/mol. The van der Waals surface area contributed by atoms with Crippen molar-refractivity contribution in [3.63, 3.8) is 0 Å². The second kappa shape index (κ2) is 6.88. The summed E-state index contributed by atoms with van der Waals surface area (Å²) >= 11 is 4.49. The molecule has 0 aliphatic heterocycles. The van der Waals surface area contributed by atoms with Gasteiger partial charge in [-0.3, -0.25) is 4.79 Å². The number of thiophene rings is 1. The molecule has 2 heterocycles. The van der Waals surface area contributed by atoms with E-state index >= 15 is 0 Å². The number of anilines is 1. The van der Waals surface area contributed by atoms with Gasteiger partial charge < -0.3 is 10.6 Å². The minimum atomic E-state index is 0.00658. The van der Waals surface area contributed by atoms with Crippen molar-refractivity contribution >= 4 is 45.5 Å². The quantitative estimate of drug-likeness (QED) is 0.802. The summed E-state index contributed by atoms with van der Waals surface area (Å²) in [5.74, 6) is 0.362. The first-order valence-electron chi connectivity index (χ1n) is 5.66. The Morgan fingerprint density at radius 1 is 1.53 bits per heavy atom. The van der Waals surface area contributed by atoms with Gasteiger partial charge in [0.15, 0.2) is 4.34 Å². The maximum Gasteiger partial charge on any atom is 0.230 e. The Morgan fingerprint density at radius 3 is 3.00 bits per heavy atom. The second-order valence-electron chi connectivity index (χ2n) is 3.72. The van der Waals surface area contributed by atoms with Crippen LogP contribution in [0.3, 0.4) is 0 Å². The van der Waals surface area contributed by atoms with E-state index in [2.05, 4.69) is 20.8 Å². The van der Waals surface area contributed by atoms with Crippen LogP contribution in [0.5, 0.6) is 0 Å². The van der Waals surface area contributed by atoms with Crippen LogP contribution in [0.4, 0.5) is 5.13 Å². The van der Waals surface area contributed by atoms with Crippen molar-refractivity contribution in [1.29, 1.82) is 0 Å². The molecule has 1 amide bonds. The summed E-state index contributed by atoms with van der Waals surface area (Å²) in [4.78, 5) is 13.0. The lowest BCUT2D eigenvalue weighted by molar-refractivity contribution is -0.119. The maximum absolute atomic E-state index is 11.8. The number of rotatable bonds is 6. The van der Waals surface area contributed by atoms with Gasteiger partial charge in [-0.1, -0.05) is 29.2 Å². The zero-order valence-electron chi connectivity index (χ0n) is 10.5. The maximum atomic E-state index is 11.8. The van der Waals surface area contributed by atoms with Crippen LogP contribution in [0.1, 0.15) is 17.8 Å². The third kappa shape index (κ3) is 4.19. The first kappa shape index (κ1) is 14.3. The summed E-state index contributed by atoms with van der Waals surface area (Å²) in [6.07, 6.45) is 0. The van der Waals surface area contributed by atoms with Crippen LogP contribution in [0.15, 0.2) is 21.9 Å². The summed E-state index contributed by atoms with van der Waals surface area (Å²) in [5.41, 5.74) is 0. The summed E-state index contributed by atoms with van der Waals surface area (Å²) in [7, 11) is 1.80. The Kier molecular flexibility index (Phi) is 5.17. The van der Waals surface area contributed by atoms with Crippen LogP contribution in [0.2, 0.25) is 0 Å². The number of hydrogen-bond donors (Lipinski definition) is 2. The van der Waals surface area contributed by atoms with Crippen molar-refractivity contribution < 1.29 is 4.79 Å². The molecule has 0 fully saturated rings. The third-order valence-electron chi connectivity index (χ3n) is 2.29. The molecule has 0 radical (unpaired) electrons. The molecule has 2 aromatic heterocycles. The van der Waals surface area contributed by atoms with Crippen molar-refractivity contribution in [3.8, 4) is 0 Å². The van der Waals surface area contributed by atoms with Gasteiger partial charge >= 0.3 is 0 Å². The van der Waals surface area contributed by atoms with Crippen LogP contribution in [0, 0.1) is 0 Å². The molecule has 0 bridgehead atoms. The number of nitrogens with one attached hydrogen (secondary N) is 2. The van der Waals surface area contributed by atoms with E-state index in [4.69, 9.17) is 0 Å². The topological polar surface area (TPSA) is 66.9 Å². The molecule has 0 unspecified atom stereocenters. The summed E-state index contributed by atoms with van der Waals surface area (Å²) in [6, 6.07) is 4.06. The molecule has 1 atom stereocenters. The predicted octanol–water partition coefficient (Wildman–Crippen LogP) is 2.61. The van der Waals surface area contributed by atoms with Crippen LogP contribution >= 0.6 is 34.4 Å². The third-order valence-corrected chi connectivity index (χ3v) is 5.42. The van der Waals surface area contributed by atoms with E-state index in [9.17, 15) is 4.79 Å². The summed E-state index contributed by atoms with van der Waals surface area (Å²) in [6.45, 7) is 1.98. The van der Waals surface area contributed by atoms with Crippen molar-refractivity contribution in [3.05, 3.63) is 22.4 Å². The SMILES string of the molecule is CNc1nnc(SCC(=O)N[C@@H](C)c2cccs2)s1. The van der Waals surface area contributed by atoms with E-state index < -0.39 is 0 Å². The first-order valence-corrected chi connectivity index (χ1v) is 8.34. The van der Waals surface area contributed by atoms with Crippen molar-refractivity contribution in [1.82, 2.24) is 15.5 Å². The molecule has 8 heteroatoms. The van der Waals surface area contributed by atoms with Gasteiger partial charge in [-0.2, -0.15) is 0 Å². The molecule has 0 aromatic carbocycles. The lowest BCUT2D eigenvalue weighted by Crippen LogP contribution is -2.27. The van der Waals surface area contributed by atoms with Gasteiger partial charge in [-0.25, -0.2) is 0 Å². The molecule has 0 aliphatic carbocycles. The monoisotopic (exact) mass is 314 g/mol. The molecule has 5 nitrogen and oxygen atoms in total. The fourth-order valence-corrected chi connectivity index (χ4v) is 3.64. The Morgan fingerprint density at radius 2 is 2.37 bits per heavy atom. The Labute approximate surface area is 123 Å². The molecule has 0 aliphatic rings. The molecule has 2 rings (SSSR count). The highest BCUT2D eigenvalue weighted by molar-refractivity contribution is 8.01. The highest BCUT2D eigenvalue weighted by atomic mass is 32.2. The van der Waals surface area contributed by atoms with E-state index in [0.29, 0.717) is 5.75 Å². The first-order chi connectivity index (χ1) is 9.19. The van der Waals surface area contributed by atoms with E-state index in [1.807, 2.05) is 24.4 Å². The molecule has 0 saturated carbocycles. The number of amides is 1. The molecule has 2 N–H and O–H groups in total. The second-order valence-corrected chi connectivity index (χ2v) is 6.90. The highest BCUT2D eigenvalue weighted by Crippen LogP contribution is 2.25. The van der Waals surface area contributed by atoms with Gasteiger partial charge in [-0.15, -0.1) is 21.5 Å². The van der Waals surface area contributed by atoms with Crippen LogP contribution in [-0.4, -0.2) is 28.9 Å². The van der Waals surface area contributed by atoms with Crippen molar-refractivity contribution in [2.75, 3.05) is 18.1 Å². The van der Waals surface area contributed by atoms with E-state index in [-0.39, 0.29) is 11.9 Å². The fraction of sp³-hybridized carbons (Fsp3) is 0.364. The van der Waals surface area contributed by atoms with Gasteiger partial charge in [-0.05, 0) is 18.4 Å². The standard InChI is InChI=1S/C11H14N4OS3/c1-7(8-4-3-5-17-8)13-9(16)6-18-11-15-14-10(12-2)19-11/h3-5,7H,6H2,1-2H3,(H,12,14)(H,13,16)/t7-/m0/s1. The molecule has 0 saturated heterocycles. The lowest BCUT2D eigenvalue weighted by Gasteiger charge is -2.11. The largest absolute Gasteiger partial charge is 0.363 e. The average Bonchev–Trinajstić information content (AvgIpc) is 3.07. The van der Waals surface area contributed by atoms with Crippen LogP contribution in [0.25, 0.3) is 0 Å². The Balaban J connectivity index is 1.78. The van der Waals surface area contributed by atoms with Crippen LogP contribution in [-0.2, 0) is 4.79 Å². The number of nitrogens with zero attached hydrogens (tertiary/aromatic N) is 2. The van der Waals surface area contributed by atoms with Gasteiger partial charge in [0.2, 0.25) is 11.0 Å². The molecule has 2 aromatic rings. The van der Waals surface area contributed by atoms with Gasteiger partial charge in [0, 0.05) is 11.9 Å². The van der Waals surface area contributed by atoms with E-state index in [1.54, 1.807) is 18.4 Å². The van der Waals surface area contributed by atoms with Gasteiger partial charge in [0.05, 0.1) is 11.8 Å². The molecule has 19 heavy (non-hydrogen) atoms. The van der Waals surface area contributed by atoms with Crippen molar-refractivity contribution in [2.45, 2.75) is 17.3 Å². The number of thioether (sulfide) groups is 1. The fourth-order valence-electron chi connectivity index (χ4n) is 1.39. The van der Waals surface area contributed by atoms with Gasteiger partial charge in [0.25, 0.3) is 0 Å². The lowest BCUT2D eigenvalue weighted by atomic mass is 10.3. The van der Waals surface area contributed by atoms with Crippen LogP contribution < -0.4 is 10.6 Å². The zero-order chi connectivity index (χ0) is 13.7. The van der Waals surface area contributed by atoms with E-state index in [0.717, 1.165) is 14.3 Å². The zero-order valence-corrected chi connectivity index (χ0v) is 13.0. The summed E-state index contributed by atoms with van der Waals surface area (Å²) < 4.78 is 0.795. The summed E-state index contributed by atoms with van der Waals surface area (Å²) in [5, 5.41) is 16.5. The van der Waals surface area contributed by atoms with Crippen molar-refractivity contribution in [2.24, 2.45) is 0 Å². The number of carbonyl (C=O) groups is 1. The normalized spacial score (nSPS) is 12.1. The van der Waals surface area contributed by atoms with E-state index in [1.165, 1.54) is 23.1 Å². The van der Waals surface area contributed by atoms with Gasteiger partial charge in [0.1, 0.15) is 0 Å².